The number of amides is 1. The molecule has 5 rings (SSSR count). The predicted octanol–water partition coefficient (Wildman–Crippen LogP) is 4.94. The number of benzene rings is 1. The van der Waals surface area contributed by atoms with Crippen molar-refractivity contribution in [2.75, 3.05) is 6.54 Å². The fraction of sp³-hybridized carbons (Fsp3) is 0.310. The molecule has 0 radical (unpaired) electrons. The van der Waals surface area contributed by atoms with Crippen LogP contribution in [0.5, 0.6) is 0 Å². The number of nitrogens with one attached hydrogen (secondary N) is 1. The van der Waals surface area contributed by atoms with E-state index in [1.54, 1.807) is 28.8 Å². The van der Waals surface area contributed by atoms with Crippen LogP contribution in [-0.4, -0.2) is 42.7 Å². The standard InChI is InChI=1S/C29H30FN5O3/c1-4-17(3)26-7-6-11-34(26)12-10-31-28(36)25-14-19(5-2)35-27(32-25)16-24(33-35)20-9-8-18(13-23(20)30)21-15-22(21)29(37)38/h4,6-9,11,13-14,16,21-22H,5,10,12,15H2,1-3H3,(H,31,36)(H,37,38)/b17-4-/t21-,22+/m1/s1. The van der Waals surface area contributed by atoms with Crippen LogP contribution in [0, 0.1) is 11.7 Å². The Morgan fingerprint density at radius 3 is 2.74 bits per heavy atom. The Labute approximate surface area is 219 Å². The summed E-state index contributed by atoms with van der Waals surface area (Å²) in [5.74, 6) is -2.19. The minimum absolute atomic E-state index is 0.150. The SMILES string of the molecule is C/C=C(/C)c1cccn1CCNC(=O)c1cc(CC)n2nc(-c3ccc([C@H]4C[C@@H]4C(=O)O)cc3F)cc2n1. The number of carbonyl (C=O) groups excluding carboxylic acids is 1. The highest BCUT2D eigenvalue weighted by molar-refractivity contribution is 5.93. The maximum absolute atomic E-state index is 15.0. The number of carboxylic acids is 1. The molecule has 1 aliphatic carbocycles. The number of aromatic nitrogens is 4. The van der Waals surface area contributed by atoms with E-state index in [0.29, 0.717) is 48.4 Å². The second-order valence-electron chi connectivity index (χ2n) is 9.63. The molecule has 1 fully saturated rings. The first kappa shape index (κ1) is 25.4. The second-order valence-corrected chi connectivity index (χ2v) is 9.63. The molecule has 3 heterocycles. The molecule has 1 saturated carbocycles. The molecular weight excluding hydrogens is 485 g/mol. The van der Waals surface area contributed by atoms with Crippen LogP contribution in [0.1, 0.15) is 60.5 Å². The van der Waals surface area contributed by atoms with Crippen LogP contribution in [0.25, 0.3) is 22.5 Å². The van der Waals surface area contributed by atoms with E-state index in [4.69, 9.17) is 5.11 Å². The molecule has 196 valence electrons. The number of aliphatic carboxylic acids is 1. The largest absolute Gasteiger partial charge is 0.481 e. The number of carbonyl (C=O) groups is 2. The Balaban J connectivity index is 1.34. The smallest absolute Gasteiger partial charge is 0.307 e. The summed E-state index contributed by atoms with van der Waals surface area (Å²) in [5, 5.41) is 16.7. The van der Waals surface area contributed by atoms with Crippen LogP contribution in [0.3, 0.4) is 0 Å². The fourth-order valence-corrected chi connectivity index (χ4v) is 4.84. The molecule has 0 aliphatic heterocycles. The van der Waals surface area contributed by atoms with Gasteiger partial charge in [-0.2, -0.15) is 5.10 Å². The van der Waals surface area contributed by atoms with Gasteiger partial charge in [-0.25, -0.2) is 13.9 Å². The minimum atomic E-state index is -0.851. The van der Waals surface area contributed by atoms with Gasteiger partial charge in [0.25, 0.3) is 5.91 Å². The third-order valence-electron chi connectivity index (χ3n) is 7.21. The van der Waals surface area contributed by atoms with Gasteiger partial charge in [0.2, 0.25) is 0 Å². The maximum atomic E-state index is 15.0. The van der Waals surface area contributed by atoms with E-state index in [2.05, 4.69) is 33.0 Å². The summed E-state index contributed by atoms with van der Waals surface area (Å²) in [6, 6.07) is 12.2. The monoisotopic (exact) mass is 515 g/mol. The highest BCUT2D eigenvalue weighted by Gasteiger charge is 2.44. The molecule has 38 heavy (non-hydrogen) atoms. The Kier molecular flexibility index (Phi) is 6.84. The Morgan fingerprint density at radius 1 is 1.24 bits per heavy atom. The lowest BCUT2D eigenvalue weighted by molar-refractivity contribution is -0.138. The zero-order valence-electron chi connectivity index (χ0n) is 21.6. The number of aryl methyl sites for hydroxylation is 1. The minimum Gasteiger partial charge on any atom is -0.481 e. The van der Waals surface area contributed by atoms with Crippen molar-refractivity contribution < 1.29 is 19.1 Å². The van der Waals surface area contributed by atoms with Gasteiger partial charge < -0.3 is 15.0 Å². The number of fused-ring (bicyclic) bond motifs is 1. The Hall–Kier alpha value is -4.27. The third kappa shape index (κ3) is 4.83. The van der Waals surface area contributed by atoms with E-state index in [1.165, 1.54) is 11.6 Å². The van der Waals surface area contributed by atoms with E-state index in [9.17, 15) is 9.59 Å². The molecule has 0 spiro atoms. The summed E-state index contributed by atoms with van der Waals surface area (Å²) < 4.78 is 18.8. The normalized spacial score (nSPS) is 17.1. The molecule has 2 N–H and O–H groups in total. The molecule has 9 heteroatoms. The van der Waals surface area contributed by atoms with E-state index < -0.39 is 17.7 Å². The van der Waals surface area contributed by atoms with Gasteiger partial charge in [-0.1, -0.05) is 19.1 Å². The Morgan fingerprint density at radius 2 is 2.05 bits per heavy atom. The molecule has 4 aromatic rings. The van der Waals surface area contributed by atoms with Crippen LogP contribution in [0.15, 0.2) is 54.7 Å². The van der Waals surface area contributed by atoms with Crippen molar-refractivity contribution >= 4 is 23.1 Å². The molecule has 1 aromatic carbocycles. The first-order valence-corrected chi connectivity index (χ1v) is 12.8. The van der Waals surface area contributed by atoms with Gasteiger partial charge in [0, 0.05) is 42.3 Å². The molecule has 8 nitrogen and oxygen atoms in total. The van der Waals surface area contributed by atoms with Crippen molar-refractivity contribution in [2.24, 2.45) is 5.92 Å². The van der Waals surface area contributed by atoms with Gasteiger partial charge in [0.05, 0.1) is 11.6 Å². The summed E-state index contributed by atoms with van der Waals surface area (Å²) in [4.78, 5) is 28.6. The first-order valence-electron chi connectivity index (χ1n) is 12.8. The van der Waals surface area contributed by atoms with Crippen LogP contribution in [0.2, 0.25) is 0 Å². The van der Waals surface area contributed by atoms with E-state index in [0.717, 1.165) is 11.4 Å². The summed E-state index contributed by atoms with van der Waals surface area (Å²) in [5.41, 5.74) is 5.18. The summed E-state index contributed by atoms with van der Waals surface area (Å²) in [6.07, 6.45) is 5.18. The molecule has 2 atom stereocenters. The zero-order valence-corrected chi connectivity index (χ0v) is 21.6. The van der Waals surface area contributed by atoms with E-state index >= 15 is 4.39 Å². The highest BCUT2D eigenvalue weighted by atomic mass is 19.1. The summed E-state index contributed by atoms with van der Waals surface area (Å²) in [7, 11) is 0. The van der Waals surface area contributed by atoms with E-state index in [-0.39, 0.29) is 17.5 Å². The molecule has 0 saturated heterocycles. The lowest BCUT2D eigenvalue weighted by atomic mass is 10.0. The number of rotatable bonds is 9. The third-order valence-corrected chi connectivity index (χ3v) is 7.21. The molecule has 0 bridgehead atoms. The zero-order chi connectivity index (χ0) is 27.0. The number of halogens is 1. The average molecular weight is 516 g/mol. The van der Waals surface area contributed by atoms with Crippen molar-refractivity contribution in [1.82, 2.24) is 24.5 Å². The summed E-state index contributed by atoms with van der Waals surface area (Å²) >= 11 is 0. The van der Waals surface area contributed by atoms with Gasteiger partial charge in [0.1, 0.15) is 11.5 Å². The summed E-state index contributed by atoms with van der Waals surface area (Å²) in [6.45, 7) is 7.08. The number of carboxylic acid groups (broad SMARTS) is 1. The fourth-order valence-electron chi connectivity index (χ4n) is 4.84. The number of allylic oxidation sites excluding steroid dienone is 2. The number of nitrogens with zero attached hydrogens (tertiary/aromatic N) is 4. The highest BCUT2D eigenvalue weighted by Crippen LogP contribution is 2.48. The number of hydrogen-bond donors (Lipinski definition) is 2. The van der Waals surface area contributed by atoms with Gasteiger partial charge in [-0.3, -0.25) is 9.59 Å². The van der Waals surface area contributed by atoms with Crippen LogP contribution < -0.4 is 5.32 Å². The molecular formula is C29H30FN5O3. The van der Waals surface area contributed by atoms with Gasteiger partial charge >= 0.3 is 5.97 Å². The molecule has 0 unspecified atom stereocenters. The van der Waals surface area contributed by atoms with Crippen LogP contribution in [-0.2, 0) is 17.8 Å². The second kappa shape index (κ2) is 10.2. The van der Waals surface area contributed by atoms with Crippen molar-refractivity contribution in [1.29, 1.82) is 0 Å². The van der Waals surface area contributed by atoms with Crippen molar-refractivity contribution in [3.8, 4) is 11.3 Å². The predicted molar refractivity (Wildman–Crippen MR) is 142 cm³/mol. The maximum Gasteiger partial charge on any atom is 0.307 e. The quantitative estimate of drug-likeness (QED) is 0.329. The Bertz CT molecular complexity index is 1570. The van der Waals surface area contributed by atoms with Crippen molar-refractivity contribution in [3.63, 3.8) is 0 Å². The average Bonchev–Trinajstić information content (AvgIpc) is 3.39. The van der Waals surface area contributed by atoms with Crippen molar-refractivity contribution in [3.05, 3.63) is 83.2 Å². The van der Waals surface area contributed by atoms with Gasteiger partial charge in [0.15, 0.2) is 5.65 Å². The van der Waals surface area contributed by atoms with E-state index in [1.807, 2.05) is 32.2 Å². The van der Waals surface area contributed by atoms with Crippen LogP contribution in [0.4, 0.5) is 4.39 Å². The molecule has 1 amide bonds. The number of hydrogen-bond acceptors (Lipinski definition) is 4. The lowest BCUT2D eigenvalue weighted by Gasteiger charge is -2.11. The first-order chi connectivity index (χ1) is 18.3. The topological polar surface area (TPSA) is 102 Å². The van der Waals surface area contributed by atoms with Gasteiger partial charge in [-0.15, -0.1) is 0 Å². The van der Waals surface area contributed by atoms with Crippen molar-refractivity contribution in [2.45, 2.75) is 46.1 Å². The van der Waals surface area contributed by atoms with Gasteiger partial charge in [-0.05, 0) is 74.1 Å². The lowest BCUT2D eigenvalue weighted by Crippen LogP contribution is -2.28. The molecule has 1 aliphatic rings. The molecule has 3 aromatic heterocycles. The van der Waals surface area contributed by atoms with Crippen LogP contribution >= 0.6 is 0 Å².